The van der Waals surface area contributed by atoms with Gasteiger partial charge in [0.1, 0.15) is 0 Å². The minimum atomic E-state index is 0.352. The third kappa shape index (κ3) is 8.14. The van der Waals surface area contributed by atoms with Crippen LogP contribution in [-0.4, -0.2) is 45.3 Å². The Morgan fingerprint density at radius 2 is 1.69 bits per heavy atom. The van der Waals surface area contributed by atoms with Gasteiger partial charge in [-0.25, -0.2) is 0 Å². The molecule has 0 saturated carbocycles. The molecule has 0 aliphatic rings. The second-order valence-corrected chi connectivity index (χ2v) is 3.00. The average molecular weight is 189 g/mol. The van der Waals surface area contributed by atoms with Crippen molar-refractivity contribution in [2.75, 3.05) is 39.3 Å². The summed E-state index contributed by atoms with van der Waals surface area (Å²) < 4.78 is 0. The summed E-state index contributed by atoms with van der Waals surface area (Å²) >= 11 is 0. The van der Waals surface area contributed by atoms with E-state index in [1.165, 1.54) is 0 Å². The summed E-state index contributed by atoms with van der Waals surface area (Å²) in [4.78, 5) is 0. The third-order valence-electron chi connectivity index (χ3n) is 1.86. The van der Waals surface area contributed by atoms with Crippen molar-refractivity contribution < 1.29 is 0 Å². The number of hydrogen-bond acceptors (Lipinski definition) is 5. The van der Waals surface area contributed by atoms with Gasteiger partial charge in [-0.15, -0.1) is 0 Å². The second kappa shape index (κ2) is 9.88. The Labute approximate surface area is 80.4 Å². The van der Waals surface area contributed by atoms with Gasteiger partial charge >= 0.3 is 0 Å². The molecule has 0 heterocycles. The molecule has 0 aliphatic heterocycles. The van der Waals surface area contributed by atoms with Crippen LogP contribution in [0.4, 0.5) is 0 Å². The molecule has 0 saturated heterocycles. The predicted octanol–water partition coefficient (Wildman–Crippen LogP) is -2.20. The number of nitrogens with two attached hydrogens (primary N) is 3. The molecular weight excluding hydrogens is 166 g/mol. The van der Waals surface area contributed by atoms with E-state index in [9.17, 15) is 0 Å². The first-order chi connectivity index (χ1) is 6.35. The average Bonchev–Trinajstić information content (AvgIpc) is 2.16. The summed E-state index contributed by atoms with van der Waals surface area (Å²) in [6, 6.07) is 0.352. The van der Waals surface area contributed by atoms with E-state index in [1.807, 2.05) is 0 Å². The Hall–Kier alpha value is -0.200. The van der Waals surface area contributed by atoms with Crippen LogP contribution in [0.5, 0.6) is 0 Å². The lowest BCUT2D eigenvalue weighted by Crippen LogP contribution is -2.41. The zero-order chi connectivity index (χ0) is 9.94. The van der Waals surface area contributed by atoms with Crippen molar-refractivity contribution in [3.8, 4) is 0 Å². The van der Waals surface area contributed by atoms with Gasteiger partial charge in [0, 0.05) is 38.8 Å². The summed E-state index contributed by atoms with van der Waals surface area (Å²) in [5, 5.41) is 6.52. The van der Waals surface area contributed by atoms with Crippen LogP contribution in [0.1, 0.15) is 6.42 Å². The van der Waals surface area contributed by atoms with Crippen LogP contribution in [0.15, 0.2) is 0 Å². The second-order valence-electron chi connectivity index (χ2n) is 3.00. The first kappa shape index (κ1) is 12.8. The van der Waals surface area contributed by atoms with Gasteiger partial charge in [-0.2, -0.15) is 0 Å². The molecule has 0 fully saturated rings. The molecule has 0 aromatic heterocycles. The number of hydrogen-bond donors (Lipinski definition) is 5. The highest BCUT2D eigenvalue weighted by atomic mass is 15.0. The maximum absolute atomic E-state index is 5.54. The van der Waals surface area contributed by atoms with Gasteiger partial charge in [0.15, 0.2) is 0 Å². The highest BCUT2D eigenvalue weighted by Gasteiger charge is 2.02. The highest BCUT2D eigenvalue weighted by Crippen LogP contribution is 1.84. The molecule has 0 aromatic carbocycles. The summed E-state index contributed by atoms with van der Waals surface area (Å²) in [7, 11) is 0. The molecule has 0 aliphatic carbocycles. The van der Waals surface area contributed by atoms with Gasteiger partial charge in [0.25, 0.3) is 0 Å². The SMILES string of the molecule is NCCNCCNC(CN)CCN. The fraction of sp³-hybridized carbons (Fsp3) is 1.00. The summed E-state index contributed by atoms with van der Waals surface area (Å²) in [5.41, 5.74) is 16.3. The maximum atomic E-state index is 5.54. The van der Waals surface area contributed by atoms with Gasteiger partial charge in [-0.1, -0.05) is 0 Å². The first-order valence-corrected chi connectivity index (χ1v) is 4.89. The van der Waals surface area contributed by atoms with E-state index in [2.05, 4.69) is 10.6 Å². The molecular formula is C8H23N5. The largest absolute Gasteiger partial charge is 0.330 e. The van der Waals surface area contributed by atoms with Crippen LogP contribution in [0.25, 0.3) is 0 Å². The van der Waals surface area contributed by atoms with Crippen LogP contribution in [0.2, 0.25) is 0 Å². The van der Waals surface area contributed by atoms with Crippen molar-refractivity contribution in [3.63, 3.8) is 0 Å². The molecule has 0 spiro atoms. The molecule has 13 heavy (non-hydrogen) atoms. The molecule has 0 aromatic rings. The van der Waals surface area contributed by atoms with Gasteiger partial charge in [0.2, 0.25) is 0 Å². The van der Waals surface area contributed by atoms with Crippen LogP contribution in [0.3, 0.4) is 0 Å². The molecule has 0 rings (SSSR count). The molecule has 5 heteroatoms. The highest BCUT2D eigenvalue weighted by molar-refractivity contribution is 4.68. The van der Waals surface area contributed by atoms with Crippen molar-refractivity contribution in [1.82, 2.24) is 10.6 Å². The topological polar surface area (TPSA) is 102 Å². The fourth-order valence-corrected chi connectivity index (χ4v) is 1.10. The predicted molar refractivity (Wildman–Crippen MR) is 56.4 cm³/mol. The smallest absolute Gasteiger partial charge is 0.0202 e. The Kier molecular flexibility index (Phi) is 9.73. The lowest BCUT2D eigenvalue weighted by atomic mass is 10.2. The van der Waals surface area contributed by atoms with E-state index < -0.39 is 0 Å². The summed E-state index contributed by atoms with van der Waals surface area (Å²) in [5.74, 6) is 0. The maximum Gasteiger partial charge on any atom is 0.0202 e. The molecule has 80 valence electrons. The zero-order valence-corrected chi connectivity index (χ0v) is 8.26. The lowest BCUT2D eigenvalue weighted by Gasteiger charge is -2.15. The van der Waals surface area contributed by atoms with E-state index in [1.54, 1.807) is 0 Å². The molecule has 8 N–H and O–H groups in total. The number of rotatable bonds is 9. The Balaban J connectivity index is 3.17. The van der Waals surface area contributed by atoms with E-state index in [0.29, 0.717) is 25.7 Å². The molecule has 0 amide bonds. The molecule has 0 bridgehead atoms. The minimum absolute atomic E-state index is 0.352. The van der Waals surface area contributed by atoms with Crippen molar-refractivity contribution in [3.05, 3.63) is 0 Å². The normalized spacial score (nSPS) is 13.2. The van der Waals surface area contributed by atoms with Crippen molar-refractivity contribution in [1.29, 1.82) is 0 Å². The van der Waals surface area contributed by atoms with E-state index in [4.69, 9.17) is 17.2 Å². The van der Waals surface area contributed by atoms with E-state index >= 15 is 0 Å². The minimum Gasteiger partial charge on any atom is -0.330 e. The molecule has 1 unspecified atom stereocenters. The van der Waals surface area contributed by atoms with Crippen LogP contribution in [0, 0.1) is 0 Å². The molecule has 1 atom stereocenters. The van der Waals surface area contributed by atoms with Crippen molar-refractivity contribution >= 4 is 0 Å². The Morgan fingerprint density at radius 1 is 0.923 bits per heavy atom. The van der Waals surface area contributed by atoms with Crippen LogP contribution >= 0.6 is 0 Å². The fourth-order valence-electron chi connectivity index (χ4n) is 1.10. The van der Waals surface area contributed by atoms with E-state index in [-0.39, 0.29) is 0 Å². The quantitative estimate of drug-likeness (QED) is 0.265. The summed E-state index contributed by atoms with van der Waals surface area (Å²) in [6.07, 6.45) is 0.938. The summed E-state index contributed by atoms with van der Waals surface area (Å²) in [6.45, 7) is 4.73. The molecule has 5 nitrogen and oxygen atoms in total. The van der Waals surface area contributed by atoms with Gasteiger partial charge in [-0.3, -0.25) is 0 Å². The van der Waals surface area contributed by atoms with Crippen LogP contribution in [-0.2, 0) is 0 Å². The molecule has 0 radical (unpaired) electrons. The number of nitrogens with one attached hydrogen (secondary N) is 2. The van der Waals surface area contributed by atoms with Gasteiger partial charge in [-0.05, 0) is 13.0 Å². The van der Waals surface area contributed by atoms with Gasteiger partial charge < -0.3 is 27.8 Å². The van der Waals surface area contributed by atoms with Crippen molar-refractivity contribution in [2.45, 2.75) is 12.5 Å². The monoisotopic (exact) mass is 189 g/mol. The first-order valence-electron chi connectivity index (χ1n) is 4.89. The van der Waals surface area contributed by atoms with E-state index in [0.717, 1.165) is 26.1 Å². The van der Waals surface area contributed by atoms with Crippen molar-refractivity contribution in [2.24, 2.45) is 17.2 Å². The zero-order valence-electron chi connectivity index (χ0n) is 8.26. The third-order valence-corrected chi connectivity index (χ3v) is 1.86. The lowest BCUT2D eigenvalue weighted by molar-refractivity contribution is 0.485. The Morgan fingerprint density at radius 3 is 2.23 bits per heavy atom. The Bertz CT molecular complexity index is 98.5. The van der Waals surface area contributed by atoms with Gasteiger partial charge in [0.05, 0.1) is 0 Å². The standard InChI is InChI=1S/C8H23N5/c9-2-1-8(7-11)13-6-5-12-4-3-10/h8,12-13H,1-7,9-11H2. The van der Waals surface area contributed by atoms with Crippen LogP contribution < -0.4 is 27.8 Å².